The second-order valence-corrected chi connectivity index (χ2v) is 10.1. The Labute approximate surface area is 230 Å². The van der Waals surface area contributed by atoms with Crippen molar-refractivity contribution in [1.82, 2.24) is 4.90 Å². The van der Waals surface area contributed by atoms with Gasteiger partial charge in [0.2, 0.25) is 0 Å². The van der Waals surface area contributed by atoms with Gasteiger partial charge >= 0.3 is 0 Å². The van der Waals surface area contributed by atoms with Crippen molar-refractivity contribution in [2.75, 3.05) is 0 Å². The molecule has 38 heavy (non-hydrogen) atoms. The average molecular weight is 543 g/mol. The van der Waals surface area contributed by atoms with Crippen molar-refractivity contribution in [2.45, 2.75) is 19.7 Å². The third kappa shape index (κ3) is 6.52. The highest BCUT2D eigenvalue weighted by Crippen LogP contribution is 2.35. The molecule has 7 heteroatoms. The molecule has 1 saturated heterocycles. The van der Waals surface area contributed by atoms with E-state index in [0.717, 1.165) is 16.7 Å². The van der Waals surface area contributed by atoms with E-state index in [1.165, 1.54) is 23.9 Å². The zero-order valence-electron chi connectivity index (χ0n) is 20.4. The van der Waals surface area contributed by atoms with E-state index in [0.29, 0.717) is 39.5 Å². The van der Waals surface area contributed by atoms with Gasteiger partial charge in [0.1, 0.15) is 18.2 Å². The predicted octanol–water partition coefficient (Wildman–Crippen LogP) is 7.73. The van der Waals surface area contributed by atoms with Gasteiger partial charge in [0.25, 0.3) is 5.91 Å². The number of benzene rings is 4. The van der Waals surface area contributed by atoms with Crippen LogP contribution in [-0.4, -0.2) is 16.0 Å². The summed E-state index contributed by atoms with van der Waals surface area (Å²) < 4.78 is 19.2. The van der Waals surface area contributed by atoms with Gasteiger partial charge in [0.05, 0.1) is 23.0 Å². The Morgan fingerprint density at radius 2 is 1.58 bits per heavy atom. The van der Waals surface area contributed by atoms with Crippen LogP contribution in [0.15, 0.2) is 113 Å². The lowest BCUT2D eigenvalue weighted by Gasteiger charge is -2.15. The molecular formula is C31H24ClFN2O2S. The van der Waals surface area contributed by atoms with Crippen LogP contribution in [0.2, 0.25) is 5.02 Å². The third-order valence-corrected chi connectivity index (χ3v) is 7.19. The summed E-state index contributed by atoms with van der Waals surface area (Å²) >= 11 is 7.83. The molecule has 1 aliphatic heterocycles. The SMILES string of the molecule is O=C1/C(=C\c2ccc(OCc3cccc(F)c3)c(Cl)c2)SC(=NCc2ccccc2)N1Cc1ccccc1. The number of carbonyl (C=O) groups is 1. The number of nitrogens with zero attached hydrogens (tertiary/aromatic N) is 2. The minimum atomic E-state index is -0.314. The van der Waals surface area contributed by atoms with Crippen LogP contribution in [0.5, 0.6) is 5.75 Å². The predicted molar refractivity (Wildman–Crippen MR) is 152 cm³/mol. The van der Waals surface area contributed by atoms with Crippen molar-refractivity contribution in [3.8, 4) is 5.75 Å². The highest BCUT2D eigenvalue weighted by atomic mass is 35.5. The second-order valence-electron chi connectivity index (χ2n) is 8.68. The fourth-order valence-corrected chi connectivity index (χ4v) is 5.16. The first-order chi connectivity index (χ1) is 18.5. The molecule has 0 atom stereocenters. The van der Waals surface area contributed by atoms with E-state index in [1.807, 2.05) is 72.8 Å². The molecule has 4 nitrogen and oxygen atoms in total. The molecule has 0 bridgehead atoms. The first-order valence-corrected chi connectivity index (χ1v) is 13.2. The van der Waals surface area contributed by atoms with Gasteiger partial charge in [-0.1, -0.05) is 90.5 Å². The highest BCUT2D eigenvalue weighted by molar-refractivity contribution is 8.18. The van der Waals surface area contributed by atoms with Crippen LogP contribution < -0.4 is 4.74 Å². The summed E-state index contributed by atoms with van der Waals surface area (Å²) in [7, 11) is 0. The summed E-state index contributed by atoms with van der Waals surface area (Å²) in [5, 5.41) is 1.07. The third-order valence-electron chi connectivity index (χ3n) is 5.85. The van der Waals surface area contributed by atoms with Crippen LogP contribution in [0.25, 0.3) is 6.08 Å². The van der Waals surface area contributed by atoms with Gasteiger partial charge in [-0.2, -0.15) is 0 Å². The summed E-state index contributed by atoms with van der Waals surface area (Å²) in [6.07, 6.45) is 1.82. The lowest BCUT2D eigenvalue weighted by Crippen LogP contribution is -2.28. The molecule has 0 radical (unpaired) electrons. The summed E-state index contributed by atoms with van der Waals surface area (Å²) in [4.78, 5) is 20.5. The maximum Gasteiger partial charge on any atom is 0.267 e. The van der Waals surface area contributed by atoms with Crippen molar-refractivity contribution in [2.24, 2.45) is 4.99 Å². The number of rotatable bonds is 8. The van der Waals surface area contributed by atoms with E-state index in [-0.39, 0.29) is 18.3 Å². The van der Waals surface area contributed by atoms with Crippen molar-refractivity contribution in [3.05, 3.63) is 141 Å². The highest BCUT2D eigenvalue weighted by Gasteiger charge is 2.33. The van der Waals surface area contributed by atoms with Crippen molar-refractivity contribution >= 4 is 40.5 Å². The van der Waals surface area contributed by atoms with E-state index in [2.05, 4.69) is 0 Å². The molecule has 0 N–H and O–H groups in total. The van der Waals surface area contributed by atoms with Gasteiger partial charge in [-0.3, -0.25) is 14.7 Å². The summed E-state index contributed by atoms with van der Waals surface area (Å²) in [5.74, 6) is 0.0680. The Morgan fingerprint density at radius 3 is 2.29 bits per heavy atom. The maximum atomic E-state index is 13.4. The molecule has 1 amide bonds. The number of thioether (sulfide) groups is 1. The first kappa shape index (κ1) is 25.8. The number of aliphatic imine (C=N–C) groups is 1. The van der Waals surface area contributed by atoms with Gasteiger partial charge in [0.15, 0.2) is 5.17 Å². The average Bonchev–Trinajstić information content (AvgIpc) is 3.22. The molecule has 0 saturated carbocycles. The largest absolute Gasteiger partial charge is 0.487 e. The quantitative estimate of drug-likeness (QED) is 0.214. The normalized spacial score (nSPS) is 15.4. The van der Waals surface area contributed by atoms with Gasteiger partial charge in [-0.15, -0.1) is 0 Å². The molecule has 1 heterocycles. The Hall–Kier alpha value is -3.87. The minimum absolute atomic E-state index is 0.104. The molecule has 0 aliphatic carbocycles. The Bertz CT molecular complexity index is 1490. The zero-order valence-corrected chi connectivity index (χ0v) is 22.0. The Morgan fingerprint density at radius 1 is 0.868 bits per heavy atom. The number of amides is 1. The van der Waals surface area contributed by atoms with E-state index in [4.69, 9.17) is 21.3 Å². The molecule has 1 aliphatic rings. The van der Waals surface area contributed by atoms with Gasteiger partial charge in [0, 0.05) is 0 Å². The number of hydrogen-bond donors (Lipinski definition) is 0. The molecule has 4 aromatic rings. The summed E-state index contributed by atoms with van der Waals surface area (Å²) in [5.41, 5.74) is 3.58. The first-order valence-electron chi connectivity index (χ1n) is 12.1. The van der Waals surface area contributed by atoms with Crippen LogP contribution in [0.1, 0.15) is 22.3 Å². The number of hydrogen-bond acceptors (Lipinski definition) is 4. The van der Waals surface area contributed by atoms with Crippen LogP contribution in [0, 0.1) is 5.82 Å². The van der Waals surface area contributed by atoms with E-state index in [9.17, 15) is 9.18 Å². The molecular weight excluding hydrogens is 519 g/mol. The van der Waals surface area contributed by atoms with Gasteiger partial charge in [-0.25, -0.2) is 4.39 Å². The maximum absolute atomic E-state index is 13.4. The van der Waals surface area contributed by atoms with Crippen LogP contribution in [0.4, 0.5) is 4.39 Å². The van der Waals surface area contributed by atoms with Crippen LogP contribution in [-0.2, 0) is 24.5 Å². The molecule has 0 spiro atoms. The lowest BCUT2D eigenvalue weighted by atomic mass is 10.2. The van der Waals surface area contributed by atoms with E-state index in [1.54, 1.807) is 29.2 Å². The fraction of sp³-hybridized carbons (Fsp3) is 0.0968. The van der Waals surface area contributed by atoms with Crippen molar-refractivity contribution in [1.29, 1.82) is 0 Å². The standard InChI is InChI=1S/C31H24ClFN2O2S/c32-27-17-24(14-15-28(27)37-21-25-12-7-13-26(33)16-25)18-29-30(36)35(20-23-10-5-2-6-11-23)31(38-29)34-19-22-8-3-1-4-9-22/h1-18H,19-21H2/b29-18+,34-31?. The van der Waals surface area contributed by atoms with Gasteiger partial charge < -0.3 is 4.74 Å². The number of halogens is 2. The molecule has 0 aromatic heterocycles. The fourth-order valence-electron chi connectivity index (χ4n) is 3.94. The molecule has 5 rings (SSSR count). The number of amidine groups is 1. The van der Waals surface area contributed by atoms with Gasteiger partial charge in [-0.05, 0) is 64.4 Å². The smallest absolute Gasteiger partial charge is 0.267 e. The molecule has 190 valence electrons. The monoisotopic (exact) mass is 542 g/mol. The lowest BCUT2D eigenvalue weighted by molar-refractivity contribution is -0.122. The van der Waals surface area contributed by atoms with E-state index < -0.39 is 0 Å². The van der Waals surface area contributed by atoms with Crippen molar-refractivity contribution < 1.29 is 13.9 Å². The van der Waals surface area contributed by atoms with Crippen LogP contribution >= 0.6 is 23.4 Å². The van der Waals surface area contributed by atoms with E-state index >= 15 is 0 Å². The second kappa shape index (κ2) is 12.1. The molecule has 1 fully saturated rings. The Kier molecular flexibility index (Phi) is 8.22. The molecule has 4 aromatic carbocycles. The number of carbonyl (C=O) groups excluding carboxylic acids is 1. The van der Waals surface area contributed by atoms with Crippen molar-refractivity contribution in [3.63, 3.8) is 0 Å². The summed E-state index contributed by atoms with van der Waals surface area (Å²) in [6, 6.07) is 31.4. The Balaban J connectivity index is 1.35. The molecule has 0 unspecified atom stereocenters. The number of ether oxygens (including phenoxy) is 1. The van der Waals surface area contributed by atoms with Crippen LogP contribution in [0.3, 0.4) is 0 Å². The zero-order chi connectivity index (χ0) is 26.3. The minimum Gasteiger partial charge on any atom is -0.487 e. The summed E-state index contributed by atoms with van der Waals surface area (Å²) in [6.45, 7) is 1.12. The topological polar surface area (TPSA) is 41.9 Å².